The topological polar surface area (TPSA) is 147 Å². The maximum Gasteiger partial charge on any atom is 0.305 e. The first-order chi connectivity index (χ1) is 27.5. The number of hydrogen-bond donors (Lipinski definition) is 3. The molecule has 3 aromatic carbocycles. The molecular weight excluding hydrogens is 743 g/mol. The van der Waals surface area contributed by atoms with Gasteiger partial charge in [0.25, 0.3) is 5.91 Å². The maximum atomic E-state index is 15.2. The van der Waals surface area contributed by atoms with Crippen LogP contribution in [0, 0.1) is 5.92 Å². The van der Waals surface area contributed by atoms with E-state index >= 15 is 4.79 Å². The number of nitrogens with one attached hydrogen (secondary N) is 1. The summed E-state index contributed by atoms with van der Waals surface area (Å²) in [4.78, 5) is 45.3. The number of fused-ring (bicyclic) bond motifs is 3. The Kier molecular flexibility index (Phi) is 13.5. The molecule has 3 aliphatic rings. The highest BCUT2D eigenvalue weighted by Gasteiger charge is 2.66. The van der Waals surface area contributed by atoms with Crippen LogP contribution in [0.5, 0.6) is 11.5 Å². The van der Waals surface area contributed by atoms with E-state index in [1.54, 1.807) is 16.9 Å². The number of anilines is 3. The minimum Gasteiger partial charge on any atom is -0.497 e. The summed E-state index contributed by atoms with van der Waals surface area (Å²) in [5.41, 5.74) is 2.32. The minimum absolute atomic E-state index is 0.0559. The van der Waals surface area contributed by atoms with Gasteiger partial charge in [-0.25, -0.2) is 0 Å². The van der Waals surface area contributed by atoms with Crippen molar-refractivity contribution in [1.29, 1.82) is 0 Å². The van der Waals surface area contributed by atoms with E-state index in [-0.39, 0.29) is 48.9 Å². The molecule has 57 heavy (non-hydrogen) atoms. The molecule has 1 fully saturated rings. The molecule has 5 atom stereocenters. The maximum absolute atomic E-state index is 15.2. The number of benzene rings is 3. The van der Waals surface area contributed by atoms with Gasteiger partial charge in [0.05, 0.1) is 52.4 Å². The van der Waals surface area contributed by atoms with Crippen molar-refractivity contribution in [3.8, 4) is 11.5 Å². The molecule has 13 heteroatoms. The third-order valence-corrected chi connectivity index (χ3v) is 16.6. The molecule has 0 bridgehead atoms. The summed E-state index contributed by atoms with van der Waals surface area (Å²) in [5.74, 6) is 0.627. The Morgan fingerprint density at radius 3 is 2.37 bits per heavy atom. The molecule has 2 amide bonds. The first-order valence-corrected chi connectivity index (χ1v) is 23.4. The highest BCUT2D eigenvalue weighted by molar-refractivity contribution is 6.91. The fourth-order valence-corrected chi connectivity index (χ4v) is 13.5. The molecule has 3 aliphatic heterocycles. The summed E-state index contributed by atoms with van der Waals surface area (Å²) in [6.45, 7) is 10.1. The molecule has 0 saturated carbocycles. The highest BCUT2D eigenvalue weighted by atomic mass is 28.3. The third kappa shape index (κ3) is 8.09. The molecule has 3 heterocycles. The van der Waals surface area contributed by atoms with E-state index in [1.807, 2.05) is 55.5 Å². The van der Waals surface area contributed by atoms with Crippen LogP contribution in [0.4, 0.5) is 17.1 Å². The van der Waals surface area contributed by atoms with Gasteiger partial charge in [0.15, 0.2) is 5.60 Å². The van der Waals surface area contributed by atoms with Crippen molar-refractivity contribution < 1.29 is 43.5 Å². The standard InChI is InChI=1S/C44H59N3O9Si/c1-7-55-33-16-20-37-30(26-33)27-36(45-22-9-11-24-48)42(51)47(37)31-13-19-38-35(28-31)44(43(52)46(38)23-10-8-12-40(50)54-4)29(2)41(39(56-44)21-25-49)57(5,6)34-17-14-32(53-3)15-18-34/h13-20,26,28-29,36,39,41,45,48-49H,7-12,21-25,27H2,1-6H3/t29-,36?,39+,41-,44+/m0/s1. The van der Waals surface area contributed by atoms with Crippen molar-refractivity contribution in [1.82, 2.24) is 5.32 Å². The molecule has 1 unspecified atom stereocenters. The predicted octanol–water partition coefficient (Wildman–Crippen LogP) is 5.33. The van der Waals surface area contributed by atoms with E-state index < -0.39 is 25.8 Å². The highest BCUT2D eigenvalue weighted by Crippen LogP contribution is 2.60. The summed E-state index contributed by atoms with van der Waals surface area (Å²) in [6, 6.07) is 19.2. The number of aliphatic hydroxyl groups excluding tert-OH is 2. The lowest BCUT2D eigenvalue weighted by atomic mass is 9.82. The zero-order valence-electron chi connectivity index (χ0n) is 34.2. The molecule has 0 radical (unpaired) electrons. The van der Waals surface area contributed by atoms with Gasteiger partial charge in [-0.2, -0.15) is 0 Å². The second kappa shape index (κ2) is 18.1. The number of hydrogen-bond acceptors (Lipinski definition) is 10. The zero-order chi connectivity index (χ0) is 40.9. The average Bonchev–Trinajstić information content (AvgIpc) is 3.64. The van der Waals surface area contributed by atoms with Gasteiger partial charge >= 0.3 is 5.97 Å². The van der Waals surface area contributed by atoms with E-state index in [0.717, 1.165) is 34.9 Å². The van der Waals surface area contributed by atoms with Crippen molar-refractivity contribution >= 4 is 48.1 Å². The molecule has 0 aliphatic carbocycles. The van der Waals surface area contributed by atoms with Crippen LogP contribution in [-0.2, 0) is 35.9 Å². The Hall–Kier alpha value is -4.27. The molecule has 12 nitrogen and oxygen atoms in total. The molecular formula is C44H59N3O9Si. The van der Waals surface area contributed by atoms with Crippen molar-refractivity contribution in [3.05, 3.63) is 71.8 Å². The van der Waals surface area contributed by atoms with Gasteiger partial charge in [-0.05, 0) is 112 Å². The lowest BCUT2D eigenvalue weighted by molar-refractivity contribution is -0.146. The smallest absolute Gasteiger partial charge is 0.305 e. The lowest BCUT2D eigenvalue weighted by Gasteiger charge is -2.37. The predicted molar refractivity (Wildman–Crippen MR) is 223 cm³/mol. The number of carbonyl (C=O) groups is 3. The first kappa shape index (κ1) is 42.3. The van der Waals surface area contributed by atoms with Crippen molar-refractivity contribution in [2.24, 2.45) is 5.92 Å². The second-order valence-corrected chi connectivity index (χ2v) is 20.6. The molecule has 1 saturated heterocycles. The van der Waals surface area contributed by atoms with E-state index in [0.29, 0.717) is 63.1 Å². The van der Waals surface area contributed by atoms with E-state index in [4.69, 9.17) is 18.9 Å². The average molecular weight is 802 g/mol. The Bertz CT molecular complexity index is 1910. The van der Waals surface area contributed by atoms with Gasteiger partial charge in [0, 0.05) is 43.3 Å². The van der Waals surface area contributed by atoms with Crippen LogP contribution < -0.4 is 29.8 Å². The SMILES string of the molecule is CCOc1ccc2c(c1)CC(NCCCCO)C(=O)N2c1ccc2c(c1)[C@@]1(O[C@H](CCO)[C@@H]([Si](C)(C)c3ccc(OC)cc3)[C@@H]1C)C(=O)N2CCCCC(=O)OC. The van der Waals surface area contributed by atoms with Crippen LogP contribution >= 0.6 is 0 Å². The van der Waals surface area contributed by atoms with Crippen LogP contribution in [-0.4, -0.2) is 95.3 Å². The van der Waals surface area contributed by atoms with Gasteiger partial charge in [0.2, 0.25) is 5.91 Å². The Labute approximate surface area is 337 Å². The van der Waals surface area contributed by atoms with Gasteiger partial charge in [-0.15, -0.1) is 0 Å². The number of aliphatic hydroxyl groups is 2. The van der Waals surface area contributed by atoms with Crippen molar-refractivity contribution in [3.63, 3.8) is 0 Å². The summed E-state index contributed by atoms with van der Waals surface area (Å²) in [6.07, 6.45) is 3.19. The number of amides is 2. The molecule has 6 rings (SSSR count). The molecule has 308 valence electrons. The fourth-order valence-electron chi connectivity index (χ4n) is 9.42. The van der Waals surface area contributed by atoms with Crippen LogP contribution in [0.25, 0.3) is 0 Å². The number of esters is 1. The normalized spacial score (nSPS) is 22.9. The van der Waals surface area contributed by atoms with Crippen LogP contribution in [0.1, 0.15) is 63.5 Å². The number of rotatable bonds is 18. The summed E-state index contributed by atoms with van der Waals surface area (Å²) in [5, 5.41) is 24.4. The summed E-state index contributed by atoms with van der Waals surface area (Å²) in [7, 11) is 0.601. The van der Waals surface area contributed by atoms with Gasteiger partial charge in [-0.1, -0.05) is 37.3 Å². The molecule has 0 aromatic heterocycles. The number of carbonyl (C=O) groups excluding carboxylic acids is 3. The van der Waals surface area contributed by atoms with Crippen molar-refractivity contribution in [2.75, 3.05) is 56.9 Å². The van der Waals surface area contributed by atoms with E-state index in [1.165, 1.54) is 12.3 Å². The van der Waals surface area contributed by atoms with Crippen LogP contribution in [0.15, 0.2) is 60.7 Å². The third-order valence-electron chi connectivity index (χ3n) is 12.3. The first-order valence-electron chi connectivity index (χ1n) is 20.4. The molecule has 3 aromatic rings. The summed E-state index contributed by atoms with van der Waals surface area (Å²) >= 11 is 0. The van der Waals surface area contributed by atoms with Crippen LogP contribution in [0.2, 0.25) is 18.6 Å². The Morgan fingerprint density at radius 1 is 0.947 bits per heavy atom. The van der Waals surface area contributed by atoms with E-state index in [9.17, 15) is 19.8 Å². The molecule has 1 spiro atoms. The summed E-state index contributed by atoms with van der Waals surface area (Å²) < 4.78 is 23.4. The fraction of sp³-hybridized carbons (Fsp3) is 0.523. The largest absolute Gasteiger partial charge is 0.497 e. The number of methoxy groups -OCH3 is 2. The number of nitrogens with zero attached hydrogens (tertiary/aromatic N) is 2. The zero-order valence-corrected chi connectivity index (χ0v) is 35.2. The van der Waals surface area contributed by atoms with Crippen molar-refractivity contribution in [2.45, 2.75) is 95.2 Å². The van der Waals surface area contributed by atoms with Gasteiger partial charge in [0.1, 0.15) is 11.5 Å². The molecule has 3 N–H and O–H groups in total. The second-order valence-electron chi connectivity index (χ2n) is 15.9. The minimum atomic E-state index is -2.42. The van der Waals surface area contributed by atoms with Gasteiger partial charge < -0.3 is 39.4 Å². The number of unbranched alkanes of at least 4 members (excludes halogenated alkanes) is 2. The Balaban J connectivity index is 1.46. The van der Waals surface area contributed by atoms with Crippen LogP contribution in [0.3, 0.4) is 0 Å². The quantitative estimate of drug-likeness (QED) is 0.0877. The lowest BCUT2D eigenvalue weighted by Crippen LogP contribution is -2.52. The monoisotopic (exact) mass is 801 g/mol. The van der Waals surface area contributed by atoms with Gasteiger partial charge in [-0.3, -0.25) is 19.3 Å². The number of ether oxygens (including phenoxy) is 4. The van der Waals surface area contributed by atoms with E-state index in [2.05, 4.69) is 37.5 Å². The Morgan fingerprint density at radius 2 is 1.68 bits per heavy atom.